The number of aliphatic carboxylic acids is 1. The molecular weight excluding hydrogens is 322 g/mol. The number of carboxylic acids is 1. The summed E-state index contributed by atoms with van der Waals surface area (Å²) in [5, 5.41) is 14.6. The number of carboxylic acid groups (broad SMARTS) is 1. The molecule has 0 saturated carbocycles. The average Bonchev–Trinajstić information content (AvgIpc) is 2.63. The van der Waals surface area contributed by atoms with Crippen LogP contribution in [0.2, 0.25) is 0 Å². The number of benzene rings is 1. The van der Waals surface area contributed by atoms with Gasteiger partial charge in [-0.25, -0.2) is 9.78 Å². The maximum atomic E-state index is 11.7. The van der Waals surface area contributed by atoms with Gasteiger partial charge in [-0.1, -0.05) is 6.07 Å². The van der Waals surface area contributed by atoms with Crippen LogP contribution in [0.3, 0.4) is 0 Å². The van der Waals surface area contributed by atoms with Crippen LogP contribution in [-0.2, 0) is 9.53 Å². The smallest absolute Gasteiger partial charge is 0.337 e. The molecule has 7 nitrogen and oxygen atoms in total. The summed E-state index contributed by atoms with van der Waals surface area (Å²) in [6.45, 7) is 0.485. The fraction of sp³-hybridized carbons (Fsp3) is 0.222. The number of fused-ring (bicyclic) bond motifs is 3. The standard InChI is InChI=1S/C18H17N3O4/c1-25-18(24)11-4-5-12-14-10-19-8-6-13(14)17(21-15(12)9-11)20-7-2-3-16(22)23/h4-6,8-10H,2-3,7H2,1H3,(H,20,21)(H,22,23). The number of nitrogens with one attached hydrogen (secondary N) is 1. The van der Waals surface area contributed by atoms with Gasteiger partial charge in [0.15, 0.2) is 0 Å². The third-order valence-electron chi connectivity index (χ3n) is 3.88. The number of carbonyl (C=O) groups excluding carboxylic acids is 1. The number of anilines is 1. The molecule has 0 atom stereocenters. The van der Waals surface area contributed by atoms with Crippen molar-refractivity contribution >= 4 is 39.4 Å². The summed E-state index contributed by atoms with van der Waals surface area (Å²) in [6, 6.07) is 7.06. The molecule has 0 fully saturated rings. The maximum absolute atomic E-state index is 11.7. The molecule has 3 rings (SSSR count). The molecule has 128 valence electrons. The second kappa shape index (κ2) is 7.12. The van der Waals surface area contributed by atoms with E-state index in [0.717, 1.165) is 16.2 Å². The molecule has 0 radical (unpaired) electrons. The van der Waals surface area contributed by atoms with Crippen molar-refractivity contribution in [2.45, 2.75) is 12.8 Å². The number of rotatable bonds is 6. The normalized spacial score (nSPS) is 10.8. The van der Waals surface area contributed by atoms with Crippen LogP contribution >= 0.6 is 0 Å². The van der Waals surface area contributed by atoms with Gasteiger partial charge in [0.1, 0.15) is 5.82 Å². The Kier molecular flexibility index (Phi) is 4.74. The van der Waals surface area contributed by atoms with E-state index in [1.54, 1.807) is 24.5 Å². The molecule has 25 heavy (non-hydrogen) atoms. The van der Waals surface area contributed by atoms with Crippen molar-refractivity contribution in [3.8, 4) is 0 Å². The lowest BCUT2D eigenvalue weighted by atomic mass is 10.1. The van der Waals surface area contributed by atoms with E-state index in [4.69, 9.17) is 9.84 Å². The van der Waals surface area contributed by atoms with E-state index in [9.17, 15) is 9.59 Å². The molecular formula is C18H17N3O4. The predicted molar refractivity (Wildman–Crippen MR) is 93.7 cm³/mol. The van der Waals surface area contributed by atoms with E-state index in [2.05, 4.69) is 15.3 Å². The fourth-order valence-corrected chi connectivity index (χ4v) is 2.67. The highest BCUT2D eigenvalue weighted by atomic mass is 16.5. The first kappa shape index (κ1) is 16.6. The monoisotopic (exact) mass is 339 g/mol. The van der Waals surface area contributed by atoms with Gasteiger partial charge in [0.25, 0.3) is 0 Å². The fourth-order valence-electron chi connectivity index (χ4n) is 2.67. The zero-order valence-electron chi connectivity index (χ0n) is 13.7. The van der Waals surface area contributed by atoms with Gasteiger partial charge in [-0.2, -0.15) is 0 Å². The Morgan fingerprint density at radius 2 is 2.04 bits per heavy atom. The quantitative estimate of drug-likeness (QED) is 0.404. The first-order chi connectivity index (χ1) is 12.1. The number of pyridine rings is 2. The Morgan fingerprint density at radius 1 is 1.20 bits per heavy atom. The summed E-state index contributed by atoms with van der Waals surface area (Å²) in [5.74, 6) is -0.617. The van der Waals surface area contributed by atoms with Crippen molar-refractivity contribution in [2.24, 2.45) is 0 Å². The second-order valence-corrected chi connectivity index (χ2v) is 5.53. The Morgan fingerprint density at radius 3 is 2.80 bits per heavy atom. The van der Waals surface area contributed by atoms with Crippen LogP contribution in [-0.4, -0.2) is 40.7 Å². The number of ether oxygens (including phenoxy) is 1. The summed E-state index contributed by atoms with van der Waals surface area (Å²) in [7, 11) is 1.33. The van der Waals surface area contributed by atoms with Crippen molar-refractivity contribution in [3.63, 3.8) is 0 Å². The van der Waals surface area contributed by atoms with Crippen LogP contribution in [0, 0.1) is 0 Å². The topological polar surface area (TPSA) is 101 Å². The molecule has 0 unspecified atom stereocenters. The van der Waals surface area contributed by atoms with Gasteiger partial charge in [0.05, 0.1) is 18.2 Å². The lowest BCUT2D eigenvalue weighted by Gasteiger charge is -2.11. The van der Waals surface area contributed by atoms with Crippen molar-refractivity contribution in [3.05, 3.63) is 42.2 Å². The molecule has 0 bridgehead atoms. The number of methoxy groups -OCH3 is 1. The predicted octanol–water partition coefficient (Wildman–Crippen LogP) is 2.85. The molecule has 2 N–H and O–H groups in total. The summed E-state index contributed by atoms with van der Waals surface area (Å²) in [5.41, 5.74) is 1.06. The maximum Gasteiger partial charge on any atom is 0.337 e. The van der Waals surface area contributed by atoms with Crippen LogP contribution in [0.5, 0.6) is 0 Å². The minimum Gasteiger partial charge on any atom is -0.481 e. The van der Waals surface area contributed by atoms with Gasteiger partial charge in [-0.05, 0) is 24.6 Å². The van der Waals surface area contributed by atoms with E-state index in [0.29, 0.717) is 29.9 Å². The number of carbonyl (C=O) groups is 2. The zero-order chi connectivity index (χ0) is 17.8. The van der Waals surface area contributed by atoms with E-state index in [1.165, 1.54) is 7.11 Å². The summed E-state index contributed by atoms with van der Waals surface area (Å²) < 4.78 is 4.75. The van der Waals surface area contributed by atoms with E-state index < -0.39 is 11.9 Å². The number of hydrogen-bond donors (Lipinski definition) is 2. The number of nitrogens with zero attached hydrogens (tertiary/aromatic N) is 2. The van der Waals surface area contributed by atoms with Crippen molar-refractivity contribution in [2.75, 3.05) is 19.0 Å². The van der Waals surface area contributed by atoms with E-state index in [-0.39, 0.29) is 6.42 Å². The molecule has 1 aromatic carbocycles. The Bertz CT molecular complexity index is 956. The minimum absolute atomic E-state index is 0.0898. The van der Waals surface area contributed by atoms with Crippen LogP contribution in [0.4, 0.5) is 5.82 Å². The summed E-state index contributed by atoms with van der Waals surface area (Å²) in [6.07, 6.45) is 4.01. The van der Waals surface area contributed by atoms with Crippen molar-refractivity contribution in [1.82, 2.24) is 9.97 Å². The lowest BCUT2D eigenvalue weighted by Crippen LogP contribution is -2.07. The molecule has 0 aliphatic heterocycles. The van der Waals surface area contributed by atoms with Crippen LogP contribution < -0.4 is 5.32 Å². The molecule has 7 heteroatoms. The molecule has 0 aliphatic rings. The highest BCUT2D eigenvalue weighted by molar-refractivity contribution is 6.10. The number of aromatic nitrogens is 2. The minimum atomic E-state index is -0.829. The summed E-state index contributed by atoms with van der Waals surface area (Å²) >= 11 is 0. The van der Waals surface area contributed by atoms with Gasteiger partial charge in [0.2, 0.25) is 0 Å². The number of esters is 1. The van der Waals surface area contributed by atoms with Gasteiger partial charge in [0, 0.05) is 41.5 Å². The Labute approximate surface area is 143 Å². The first-order valence-corrected chi connectivity index (χ1v) is 7.81. The molecule has 3 aromatic rings. The van der Waals surface area contributed by atoms with Crippen molar-refractivity contribution < 1.29 is 19.4 Å². The van der Waals surface area contributed by atoms with Gasteiger partial charge in [-0.15, -0.1) is 0 Å². The molecule has 0 amide bonds. The van der Waals surface area contributed by atoms with E-state index >= 15 is 0 Å². The lowest BCUT2D eigenvalue weighted by molar-refractivity contribution is -0.137. The van der Waals surface area contributed by atoms with E-state index in [1.807, 2.05) is 12.1 Å². The largest absolute Gasteiger partial charge is 0.481 e. The summed E-state index contributed by atoms with van der Waals surface area (Å²) in [4.78, 5) is 31.2. The highest BCUT2D eigenvalue weighted by Gasteiger charge is 2.12. The SMILES string of the molecule is COC(=O)c1ccc2c(c1)nc(NCCCC(=O)O)c1ccncc12. The Hall–Kier alpha value is -3.22. The van der Waals surface area contributed by atoms with Gasteiger partial charge < -0.3 is 15.2 Å². The first-order valence-electron chi connectivity index (χ1n) is 7.81. The zero-order valence-corrected chi connectivity index (χ0v) is 13.7. The molecule has 0 spiro atoms. The third-order valence-corrected chi connectivity index (χ3v) is 3.88. The Balaban J connectivity index is 2.04. The number of hydrogen-bond acceptors (Lipinski definition) is 6. The van der Waals surface area contributed by atoms with Gasteiger partial charge in [-0.3, -0.25) is 9.78 Å². The van der Waals surface area contributed by atoms with Crippen LogP contribution in [0.25, 0.3) is 21.7 Å². The molecule has 0 saturated heterocycles. The van der Waals surface area contributed by atoms with Crippen LogP contribution in [0.15, 0.2) is 36.7 Å². The molecule has 2 aromatic heterocycles. The third kappa shape index (κ3) is 3.50. The van der Waals surface area contributed by atoms with Crippen LogP contribution in [0.1, 0.15) is 23.2 Å². The van der Waals surface area contributed by atoms with Gasteiger partial charge >= 0.3 is 11.9 Å². The molecule has 2 heterocycles. The van der Waals surface area contributed by atoms with Crippen molar-refractivity contribution in [1.29, 1.82) is 0 Å². The highest BCUT2D eigenvalue weighted by Crippen LogP contribution is 2.29. The molecule has 0 aliphatic carbocycles. The second-order valence-electron chi connectivity index (χ2n) is 5.53. The average molecular weight is 339 g/mol.